The highest BCUT2D eigenvalue weighted by Gasteiger charge is 2.57. The van der Waals surface area contributed by atoms with Gasteiger partial charge in [0, 0.05) is 5.41 Å². The topological polar surface area (TPSA) is 20.2 Å². The Morgan fingerprint density at radius 1 is 1.31 bits per heavy atom. The Bertz CT molecular complexity index is 690. The zero-order valence-electron chi connectivity index (χ0n) is 17.2. The number of allylic oxidation sites excluding steroid dienone is 3. The zero-order valence-corrected chi connectivity index (χ0v) is 17.2. The average Bonchev–Trinajstić information content (AvgIpc) is 2.86. The van der Waals surface area contributed by atoms with E-state index < -0.39 is 5.60 Å². The van der Waals surface area contributed by atoms with E-state index in [0.717, 1.165) is 54.4 Å². The molecule has 0 radical (unpaired) electrons. The lowest BCUT2D eigenvalue weighted by Crippen LogP contribution is -2.46. The van der Waals surface area contributed by atoms with Gasteiger partial charge in [-0.15, -0.1) is 6.58 Å². The molecule has 144 valence electrons. The van der Waals surface area contributed by atoms with E-state index in [2.05, 4.69) is 39.5 Å². The molecular formula is C24H35FO. The first kappa shape index (κ1) is 20.9. The summed E-state index contributed by atoms with van der Waals surface area (Å²) in [6, 6.07) is 1.63. The Kier molecular flexibility index (Phi) is 6.50. The normalized spacial score (nSPS) is 26.3. The Labute approximate surface area is 159 Å². The first-order valence-electron chi connectivity index (χ1n) is 10.0. The summed E-state index contributed by atoms with van der Waals surface area (Å²) < 4.78 is 14.8. The van der Waals surface area contributed by atoms with Gasteiger partial charge in [0.2, 0.25) is 0 Å². The quantitative estimate of drug-likeness (QED) is 0.523. The molecule has 3 unspecified atom stereocenters. The summed E-state index contributed by atoms with van der Waals surface area (Å²) in [6.07, 6.45) is 11.2. The zero-order chi connectivity index (χ0) is 19.5. The van der Waals surface area contributed by atoms with Gasteiger partial charge in [-0.2, -0.15) is 0 Å². The van der Waals surface area contributed by atoms with E-state index in [0.29, 0.717) is 6.42 Å². The van der Waals surface area contributed by atoms with Crippen molar-refractivity contribution in [2.75, 3.05) is 0 Å². The summed E-state index contributed by atoms with van der Waals surface area (Å²) in [5.74, 6) is -0.0404. The molecule has 0 aromatic heterocycles. The van der Waals surface area contributed by atoms with E-state index in [9.17, 15) is 9.50 Å². The number of hydrogen-bond donors (Lipinski definition) is 1. The van der Waals surface area contributed by atoms with Crippen molar-refractivity contribution in [2.24, 2.45) is 11.3 Å². The number of fused-ring (bicyclic) bond motifs is 1. The molecule has 1 aliphatic carbocycles. The second kappa shape index (κ2) is 8.08. The monoisotopic (exact) mass is 358 g/mol. The first-order valence-corrected chi connectivity index (χ1v) is 10.0. The van der Waals surface area contributed by atoms with Gasteiger partial charge in [0.1, 0.15) is 5.82 Å². The number of aliphatic hydroxyl groups is 1. The lowest BCUT2D eigenvalue weighted by atomic mass is 9.63. The van der Waals surface area contributed by atoms with Gasteiger partial charge in [0.15, 0.2) is 0 Å². The molecule has 26 heavy (non-hydrogen) atoms. The largest absolute Gasteiger partial charge is 0.384 e. The highest BCUT2D eigenvalue weighted by molar-refractivity contribution is 5.50. The Morgan fingerprint density at radius 3 is 2.58 bits per heavy atom. The third kappa shape index (κ3) is 3.29. The smallest absolute Gasteiger partial charge is 0.127 e. The van der Waals surface area contributed by atoms with Crippen molar-refractivity contribution < 1.29 is 9.50 Å². The van der Waals surface area contributed by atoms with Crippen molar-refractivity contribution in [3.8, 4) is 0 Å². The van der Waals surface area contributed by atoms with Crippen molar-refractivity contribution >= 4 is 0 Å². The lowest BCUT2D eigenvalue weighted by molar-refractivity contribution is -0.121. The third-order valence-corrected chi connectivity index (χ3v) is 6.78. The average molecular weight is 359 g/mol. The van der Waals surface area contributed by atoms with Crippen LogP contribution in [0.4, 0.5) is 4.39 Å². The molecule has 0 saturated carbocycles. The molecule has 0 aliphatic heterocycles. The molecule has 1 aromatic rings. The summed E-state index contributed by atoms with van der Waals surface area (Å²) in [7, 11) is 0. The number of halogens is 1. The maximum absolute atomic E-state index is 14.8. The standard InChI is InChI=1S/C24H35FO/c1-7-10-11-12-13-14-19(8-2)24(26)22-18(5)17(4)15-21(25)20(22)16-23(24,6)9-3/h7,11-12,15,19,26H,1,8-10,13-14,16H2,2-6H3/b12-11+. The van der Waals surface area contributed by atoms with Crippen LogP contribution in [0.3, 0.4) is 0 Å². The third-order valence-electron chi connectivity index (χ3n) is 6.78. The summed E-state index contributed by atoms with van der Waals surface area (Å²) >= 11 is 0. The maximum Gasteiger partial charge on any atom is 0.127 e. The second-order valence-electron chi connectivity index (χ2n) is 8.19. The molecule has 1 aliphatic rings. The molecule has 1 N–H and O–H groups in total. The summed E-state index contributed by atoms with van der Waals surface area (Å²) in [5.41, 5.74) is 2.29. The van der Waals surface area contributed by atoms with Crippen LogP contribution < -0.4 is 0 Å². The van der Waals surface area contributed by atoms with Crippen LogP contribution in [-0.4, -0.2) is 5.11 Å². The minimum atomic E-state index is -0.977. The Morgan fingerprint density at radius 2 is 2.00 bits per heavy atom. The van der Waals surface area contributed by atoms with Gasteiger partial charge in [-0.3, -0.25) is 0 Å². The number of hydrogen-bond acceptors (Lipinski definition) is 1. The molecule has 0 spiro atoms. The van der Waals surface area contributed by atoms with E-state index in [-0.39, 0.29) is 17.2 Å². The molecule has 0 heterocycles. The maximum atomic E-state index is 14.8. The van der Waals surface area contributed by atoms with E-state index in [1.165, 1.54) is 0 Å². The predicted molar refractivity (Wildman–Crippen MR) is 109 cm³/mol. The molecule has 1 aromatic carbocycles. The van der Waals surface area contributed by atoms with Crippen LogP contribution in [0, 0.1) is 31.0 Å². The molecule has 3 atom stereocenters. The lowest BCUT2D eigenvalue weighted by Gasteiger charge is -2.46. The first-order chi connectivity index (χ1) is 12.3. The number of benzene rings is 1. The summed E-state index contributed by atoms with van der Waals surface area (Å²) in [5, 5.41) is 12.1. The van der Waals surface area contributed by atoms with Gasteiger partial charge >= 0.3 is 0 Å². The SMILES string of the molecule is C=CC/C=C/CCC(CC)C1(O)c2c(C)c(C)cc(F)c2CC1(C)CC. The van der Waals surface area contributed by atoms with E-state index >= 15 is 0 Å². The van der Waals surface area contributed by atoms with Crippen molar-refractivity contribution in [1.82, 2.24) is 0 Å². The molecule has 0 bridgehead atoms. The predicted octanol–water partition coefficient (Wildman–Crippen LogP) is 6.54. The summed E-state index contributed by atoms with van der Waals surface area (Å²) in [4.78, 5) is 0. The fraction of sp³-hybridized carbons (Fsp3) is 0.583. The molecule has 0 amide bonds. The number of aryl methyl sites for hydroxylation is 1. The van der Waals surface area contributed by atoms with Gasteiger partial charge in [0.25, 0.3) is 0 Å². The molecule has 2 rings (SSSR count). The van der Waals surface area contributed by atoms with Gasteiger partial charge in [-0.25, -0.2) is 4.39 Å². The molecule has 0 fully saturated rings. The van der Waals surface area contributed by atoms with Gasteiger partial charge in [0.05, 0.1) is 5.60 Å². The van der Waals surface area contributed by atoms with Crippen LogP contribution in [0.2, 0.25) is 0 Å². The van der Waals surface area contributed by atoms with Crippen LogP contribution in [0.15, 0.2) is 30.9 Å². The van der Waals surface area contributed by atoms with E-state index in [1.54, 1.807) is 6.07 Å². The van der Waals surface area contributed by atoms with E-state index in [1.807, 2.05) is 19.9 Å². The number of rotatable bonds is 8. The van der Waals surface area contributed by atoms with Crippen LogP contribution in [0.25, 0.3) is 0 Å². The van der Waals surface area contributed by atoms with Crippen molar-refractivity contribution in [3.05, 3.63) is 58.9 Å². The molecule has 0 saturated heterocycles. The van der Waals surface area contributed by atoms with Crippen LogP contribution in [-0.2, 0) is 12.0 Å². The van der Waals surface area contributed by atoms with Crippen LogP contribution in [0.1, 0.15) is 75.1 Å². The highest BCUT2D eigenvalue weighted by Crippen LogP contribution is 2.59. The fourth-order valence-corrected chi connectivity index (χ4v) is 4.85. The second-order valence-corrected chi connectivity index (χ2v) is 8.19. The minimum absolute atomic E-state index is 0.113. The van der Waals surface area contributed by atoms with Crippen LogP contribution >= 0.6 is 0 Å². The van der Waals surface area contributed by atoms with Crippen LogP contribution in [0.5, 0.6) is 0 Å². The van der Waals surface area contributed by atoms with Crippen molar-refractivity contribution in [2.45, 2.75) is 78.7 Å². The van der Waals surface area contributed by atoms with Gasteiger partial charge in [-0.05, 0) is 80.2 Å². The van der Waals surface area contributed by atoms with Crippen molar-refractivity contribution in [3.63, 3.8) is 0 Å². The molecular weight excluding hydrogens is 323 g/mol. The minimum Gasteiger partial charge on any atom is -0.384 e. The Hall–Kier alpha value is -1.41. The molecule has 2 heteroatoms. The fourth-order valence-electron chi connectivity index (χ4n) is 4.85. The van der Waals surface area contributed by atoms with E-state index in [4.69, 9.17) is 0 Å². The van der Waals surface area contributed by atoms with Gasteiger partial charge in [-0.1, -0.05) is 45.4 Å². The summed E-state index contributed by atoms with van der Waals surface area (Å²) in [6.45, 7) is 14.1. The van der Waals surface area contributed by atoms with Crippen molar-refractivity contribution in [1.29, 1.82) is 0 Å². The van der Waals surface area contributed by atoms with Gasteiger partial charge < -0.3 is 5.11 Å². The molecule has 1 nitrogen and oxygen atoms in total. The highest BCUT2D eigenvalue weighted by atomic mass is 19.1. The Balaban J connectivity index is 2.50.